The molecule has 3 aromatic heterocycles. The lowest BCUT2D eigenvalue weighted by Gasteiger charge is -2.25. The zero-order valence-electron chi connectivity index (χ0n) is 20.9. The van der Waals surface area contributed by atoms with Crippen LogP contribution in [0.3, 0.4) is 0 Å². The molecule has 0 unspecified atom stereocenters. The topological polar surface area (TPSA) is 85.9 Å². The number of nitrogens with zero attached hydrogens (tertiary/aromatic N) is 2. The summed E-state index contributed by atoms with van der Waals surface area (Å²) in [6, 6.07) is 8.90. The molecule has 0 aliphatic rings. The fourth-order valence-electron chi connectivity index (χ4n) is 4.44. The monoisotopic (exact) mass is 496 g/mol. The van der Waals surface area contributed by atoms with Crippen molar-refractivity contribution in [3.8, 4) is 22.5 Å². The average Bonchev–Trinajstić information content (AvgIpc) is 3.38. The number of carbonyl (C=O) groups is 1. The SMILES string of the molecule is CCc1c(C(N)=O)c(-c2ccc(C)cc2F)n(COCCS(C)(C)C)c1-c1ccnc2[nH]ccc12. The van der Waals surface area contributed by atoms with E-state index in [9.17, 15) is 4.79 Å². The zero-order chi connectivity index (χ0) is 25.3. The van der Waals surface area contributed by atoms with Crippen molar-refractivity contribution >= 4 is 27.0 Å². The van der Waals surface area contributed by atoms with E-state index in [1.807, 2.05) is 42.8 Å². The molecular weight excluding hydrogens is 463 g/mol. The van der Waals surface area contributed by atoms with Crippen LogP contribution in [0.2, 0.25) is 0 Å². The van der Waals surface area contributed by atoms with Crippen LogP contribution >= 0.6 is 10.0 Å². The maximum absolute atomic E-state index is 15.3. The van der Waals surface area contributed by atoms with Crippen molar-refractivity contribution < 1.29 is 13.9 Å². The second kappa shape index (κ2) is 9.87. The lowest BCUT2D eigenvalue weighted by Crippen LogP contribution is -2.15. The largest absolute Gasteiger partial charge is 0.366 e. The van der Waals surface area contributed by atoms with Gasteiger partial charge in [0.2, 0.25) is 0 Å². The minimum atomic E-state index is -0.738. The molecule has 1 aromatic carbocycles. The van der Waals surface area contributed by atoms with E-state index in [1.165, 1.54) is 6.07 Å². The quantitative estimate of drug-likeness (QED) is 0.301. The summed E-state index contributed by atoms with van der Waals surface area (Å²) in [7, 11) is -0.738. The molecule has 0 bridgehead atoms. The first-order chi connectivity index (χ1) is 16.6. The number of ether oxygens (including phenoxy) is 1. The van der Waals surface area contributed by atoms with Crippen LogP contribution in [-0.4, -0.2) is 51.6 Å². The summed E-state index contributed by atoms with van der Waals surface area (Å²) < 4.78 is 23.4. The van der Waals surface area contributed by atoms with E-state index in [4.69, 9.17) is 10.5 Å². The smallest absolute Gasteiger partial charge is 0.251 e. The predicted molar refractivity (Wildman–Crippen MR) is 144 cm³/mol. The summed E-state index contributed by atoms with van der Waals surface area (Å²) in [5.41, 5.74) is 11.0. The van der Waals surface area contributed by atoms with Gasteiger partial charge < -0.3 is 20.0 Å². The van der Waals surface area contributed by atoms with Crippen molar-refractivity contribution in [3.05, 3.63) is 65.2 Å². The number of H-pyrrole nitrogens is 1. The molecule has 0 spiro atoms. The van der Waals surface area contributed by atoms with Crippen LogP contribution in [0.15, 0.2) is 42.7 Å². The standard InChI is InChI=1S/C27H33FN4O2S/c1-6-18-23(26(29)33)25(21-8-7-17(2)15-22(21)28)32(16-34-13-14-35(3,4)5)24(18)19-9-11-30-27-20(19)10-12-31-27/h7-12,15H,6,13-14,16H2,1-5H3,(H2,29,33)(H,30,31). The number of primary amides is 1. The second-order valence-corrected chi connectivity index (χ2v) is 14.2. The maximum Gasteiger partial charge on any atom is 0.251 e. The van der Waals surface area contributed by atoms with E-state index < -0.39 is 21.8 Å². The molecule has 0 aliphatic carbocycles. The van der Waals surface area contributed by atoms with Crippen molar-refractivity contribution in [3.63, 3.8) is 0 Å². The Balaban J connectivity index is 2.00. The maximum atomic E-state index is 15.3. The number of aryl methyl sites for hydroxylation is 1. The van der Waals surface area contributed by atoms with E-state index in [0.29, 0.717) is 29.8 Å². The zero-order valence-corrected chi connectivity index (χ0v) is 21.8. The normalized spacial score (nSPS) is 12.4. The highest BCUT2D eigenvalue weighted by molar-refractivity contribution is 8.32. The van der Waals surface area contributed by atoms with Gasteiger partial charge in [-0.05, 0) is 67.5 Å². The highest BCUT2D eigenvalue weighted by Crippen LogP contribution is 2.41. The first kappa shape index (κ1) is 25.0. The first-order valence-corrected chi connectivity index (χ1v) is 14.6. The number of hydrogen-bond acceptors (Lipinski definition) is 3. The van der Waals surface area contributed by atoms with Crippen LogP contribution in [0, 0.1) is 12.7 Å². The van der Waals surface area contributed by atoms with E-state index in [1.54, 1.807) is 12.3 Å². The van der Waals surface area contributed by atoms with Crippen molar-refractivity contribution in [1.82, 2.24) is 14.5 Å². The average molecular weight is 497 g/mol. The van der Waals surface area contributed by atoms with Crippen molar-refractivity contribution in [2.24, 2.45) is 5.73 Å². The highest BCUT2D eigenvalue weighted by atomic mass is 32.3. The highest BCUT2D eigenvalue weighted by Gasteiger charge is 2.29. The summed E-state index contributed by atoms with van der Waals surface area (Å²) in [6.07, 6.45) is 10.8. The van der Waals surface area contributed by atoms with Gasteiger partial charge in [0, 0.05) is 34.7 Å². The number of rotatable bonds is 9. The third-order valence-corrected chi connectivity index (χ3v) is 7.51. The van der Waals surface area contributed by atoms with Crippen LogP contribution in [0.1, 0.15) is 28.4 Å². The first-order valence-electron chi connectivity index (χ1n) is 11.6. The minimum absolute atomic E-state index is 0.169. The summed E-state index contributed by atoms with van der Waals surface area (Å²) in [4.78, 5) is 20.4. The molecule has 0 saturated carbocycles. The van der Waals surface area contributed by atoms with Gasteiger partial charge in [-0.3, -0.25) is 4.79 Å². The Kier molecular flexibility index (Phi) is 7.05. The Morgan fingerprint density at radius 1 is 1.17 bits per heavy atom. The summed E-state index contributed by atoms with van der Waals surface area (Å²) >= 11 is 0. The molecule has 8 heteroatoms. The van der Waals surface area contributed by atoms with Gasteiger partial charge >= 0.3 is 0 Å². The number of aromatic nitrogens is 3. The molecule has 4 aromatic rings. The molecule has 186 valence electrons. The number of halogens is 1. The van der Waals surface area contributed by atoms with Gasteiger partial charge in [0.25, 0.3) is 5.91 Å². The van der Waals surface area contributed by atoms with Crippen molar-refractivity contribution in [2.45, 2.75) is 27.0 Å². The van der Waals surface area contributed by atoms with Crippen LogP contribution < -0.4 is 5.73 Å². The number of aromatic amines is 1. The molecule has 0 atom stereocenters. The number of hydrogen-bond donors (Lipinski definition) is 2. The molecule has 3 heterocycles. The number of nitrogens with two attached hydrogens (primary N) is 1. The van der Waals surface area contributed by atoms with E-state index in [0.717, 1.165) is 39.2 Å². The Hall–Kier alpha value is -3.10. The minimum Gasteiger partial charge on any atom is -0.366 e. The number of amides is 1. The third kappa shape index (κ3) is 4.99. The molecule has 3 N–H and O–H groups in total. The van der Waals surface area contributed by atoms with Gasteiger partial charge in [-0.2, -0.15) is 0 Å². The second-order valence-electron chi connectivity index (χ2n) is 9.61. The lowest BCUT2D eigenvalue weighted by atomic mass is 9.98. The van der Waals surface area contributed by atoms with Crippen LogP contribution in [0.5, 0.6) is 0 Å². The van der Waals surface area contributed by atoms with Crippen LogP contribution in [-0.2, 0) is 17.9 Å². The number of fused-ring (bicyclic) bond motifs is 1. The van der Waals surface area contributed by atoms with Crippen molar-refractivity contribution in [2.75, 3.05) is 31.1 Å². The molecule has 0 radical (unpaired) electrons. The van der Waals surface area contributed by atoms with Gasteiger partial charge in [0.05, 0.1) is 23.6 Å². The van der Waals surface area contributed by atoms with Gasteiger partial charge in [-0.25, -0.2) is 19.4 Å². The molecule has 0 saturated heterocycles. The molecule has 35 heavy (non-hydrogen) atoms. The molecule has 1 amide bonds. The molecule has 0 fully saturated rings. The Morgan fingerprint density at radius 2 is 1.94 bits per heavy atom. The predicted octanol–water partition coefficient (Wildman–Crippen LogP) is 5.48. The van der Waals surface area contributed by atoms with Gasteiger partial charge in [0.15, 0.2) is 0 Å². The number of benzene rings is 1. The van der Waals surface area contributed by atoms with Gasteiger partial charge in [-0.1, -0.05) is 13.0 Å². The lowest BCUT2D eigenvalue weighted by molar-refractivity contribution is 0.0917. The molecular formula is C27H33FN4O2S. The van der Waals surface area contributed by atoms with Crippen molar-refractivity contribution in [1.29, 1.82) is 0 Å². The summed E-state index contributed by atoms with van der Waals surface area (Å²) in [5, 5.41) is 0.909. The summed E-state index contributed by atoms with van der Waals surface area (Å²) in [6.45, 7) is 4.54. The molecule has 0 aliphatic heterocycles. The number of nitrogens with one attached hydrogen (secondary N) is 1. The molecule has 4 rings (SSSR count). The molecule has 6 nitrogen and oxygen atoms in total. The fraction of sp³-hybridized carbons (Fsp3) is 0.333. The van der Waals surface area contributed by atoms with Crippen LogP contribution in [0.25, 0.3) is 33.5 Å². The Labute approximate surface area is 207 Å². The fourth-order valence-corrected chi connectivity index (χ4v) is 5.06. The third-order valence-electron chi connectivity index (χ3n) is 6.12. The van der Waals surface area contributed by atoms with Gasteiger partial charge in [0.1, 0.15) is 18.2 Å². The number of pyridine rings is 1. The van der Waals surface area contributed by atoms with Crippen LogP contribution in [0.4, 0.5) is 4.39 Å². The summed E-state index contributed by atoms with van der Waals surface area (Å²) in [5.74, 6) is -0.0465. The number of carbonyl (C=O) groups excluding carboxylic acids is 1. The van der Waals surface area contributed by atoms with E-state index >= 15 is 4.39 Å². The van der Waals surface area contributed by atoms with E-state index in [2.05, 4.69) is 28.7 Å². The Morgan fingerprint density at radius 3 is 2.60 bits per heavy atom. The Bertz CT molecular complexity index is 1380. The van der Waals surface area contributed by atoms with Gasteiger partial charge in [-0.15, -0.1) is 0 Å². The van der Waals surface area contributed by atoms with E-state index in [-0.39, 0.29) is 6.73 Å².